The summed E-state index contributed by atoms with van der Waals surface area (Å²) < 4.78 is 10.4. The summed E-state index contributed by atoms with van der Waals surface area (Å²) in [6.07, 6.45) is 17.0. The molecule has 0 aliphatic heterocycles. The topological polar surface area (TPSA) is 35.5 Å². The minimum Gasteiger partial charge on any atom is -0.460 e. The van der Waals surface area contributed by atoms with Crippen LogP contribution in [-0.2, 0) is 14.3 Å². The van der Waals surface area contributed by atoms with Crippen molar-refractivity contribution in [2.45, 2.75) is 117 Å². The van der Waals surface area contributed by atoms with Gasteiger partial charge in [-0.3, -0.25) is 4.79 Å². The van der Waals surface area contributed by atoms with Gasteiger partial charge in [0, 0.05) is 13.5 Å². The van der Waals surface area contributed by atoms with Crippen LogP contribution < -0.4 is 0 Å². The fraction of sp³-hybridized carbons (Fsp3) is 0.913. The third kappa shape index (κ3) is 18.2. The maximum atomic E-state index is 10.8. The molecule has 3 heteroatoms. The van der Waals surface area contributed by atoms with Gasteiger partial charge in [0.25, 0.3) is 0 Å². The van der Waals surface area contributed by atoms with Crippen LogP contribution in [0.4, 0.5) is 0 Å². The van der Waals surface area contributed by atoms with Crippen LogP contribution in [0, 0.1) is 12.3 Å². The monoisotopic (exact) mass is 369 g/mol. The molecular formula is C23H45O3. The molecule has 0 aliphatic rings. The van der Waals surface area contributed by atoms with E-state index in [9.17, 15) is 4.79 Å². The number of carbonyl (C=O) groups is 1. The minimum absolute atomic E-state index is 0.298. The third-order valence-electron chi connectivity index (χ3n) is 4.99. The first-order chi connectivity index (χ1) is 12.4. The average molecular weight is 370 g/mol. The molecule has 0 aliphatic carbocycles. The standard InChI is InChI=1S/C23H45O3/c1-6-7-8-9-11-14-17-23(4,5)18-15-12-10-13-16-19-25-20-21(2)26-22(3)24/h21H,2,6-20H2,1,3-5H3. The van der Waals surface area contributed by atoms with Crippen molar-refractivity contribution in [3.63, 3.8) is 0 Å². The summed E-state index contributed by atoms with van der Waals surface area (Å²) >= 11 is 0. The van der Waals surface area contributed by atoms with Crippen LogP contribution >= 0.6 is 0 Å². The molecule has 0 fully saturated rings. The van der Waals surface area contributed by atoms with E-state index in [1.54, 1.807) is 0 Å². The number of hydrogen-bond acceptors (Lipinski definition) is 3. The zero-order valence-electron chi connectivity index (χ0n) is 18.1. The highest BCUT2D eigenvalue weighted by atomic mass is 16.6. The highest BCUT2D eigenvalue weighted by Gasteiger charge is 2.16. The molecule has 0 aromatic carbocycles. The molecule has 0 saturated carbocycles. The lowest BCUT2D eigenvalue weighted by molar-refractivity contribution is -0.146. The maximum Gasteiger partial charge on any atom is 0.302 e. The fourth-order valence-electron chi connectivity index (χ4n) is 3.33. The predicted octanol–water partition coefficient (Wildman–Crippen LogP) is 6.89. The van der Waals surface area contributed by atoms with Crippen molar-refractivity contribution in [1.82, 2.24) is 0 Å². The molecule has 0 amide bonds. The van der Waals surface area contributed by atoms with Crippen molar-refractivity contribution >= 4 is 5.97 Å². The first-order valence-electron chi connectivity index (χ1n) is 11.0. The SMILES string of the molecule is [CH2]C(COCCCCCCCC(C)(C)CCCCCCCC)OC(C)=O. The van der Waals surface area contributed by atoms with Gasteiger partial charge in [0.1, 0.15) is 6.10 Å². The van der Waals surface area contributed by atoms with Crippen molar-refractivity contribution in [1.29, 1.82) is 0 Å². The lowest BCUT2D eigenvalue weighted by Crippen LogP contribution is -2.19. The summed E-state index contributed by atoms with van der Waals surface area (Å²) in [5.41, 5.74) is 0.508. The van der Waals surface area contributed by atoms with E-state index >= 15 is 0 Å². The van der Waals surface area contributed by atoms with E-state index in [4.69, 9.17) is 9.47 Å². The van der Waals surface area contributed by atoms with Crippen LogP contribution in [-0.4, -0.2) is 25.3 Å². The molecule has 1 atom stereocenters. The fourth-order valence-corrected chi connectivity index (χ4v) is 3.33. The van der Waals surface area contributed by atoms with E-state index in [1.807, 2.05) is 0 Å². The van der Waals surface area contributed by atoms with Crippen LogP contribution in [0.15, 0.2) is 0 Å². The zero-order chi connectivity index (χ0) is 19.7. The Morgan fingerprint density at radius 2 is 1.38 bits per heavy atom. The molecule has 1 radical (unpaired) electrons. The van der Waals surface area contributed by atoms with Gasteiger partial charge >= 0.3 is 5.97 Å². The first kappa shape index (κ1) is 25.4. The zero-order valence-corrected chi connectivity index (χ0v) is 18.1. The normalized spacial score (nSPS) is 13.0. The Labute approximate surface area is 163 Å². The lowest BCUT2D eigenvalue weighted by Gasteiger charge is -2.24. The Bertz CT molecular complexity index is 325. The summed E-state index contributed by atoms with van der Waals surface area (Å²) in [7, 11) is 0. The van der Waals surface area contributed by atoms with Gasteiger partial charge in [-0.05, 0) is 31.6 Å². The van der Waals surface area contributed by atoms with Crippen LogP contribution in [0.3, 0.4) is 0 Å². The van der Waals surface area contributed by atoms with Gasteiger partial charge in [0.2, 0.25) is 0 Å². The molecule has 0 heterocycles. The Morgan fingerprint density at radius 1 is 0.885 bits per heavy atom. The maximum absolute atomic E-state index is 10.8. The molecule has 0 saturated heterocycles. The largest absolute Gasteiger partial charge is 0.460 e. The third-order valence-corrected chi connectivity index (χ3v) is 4.99. The summed E-state index contributed by atoms with van der Waals surface area (Å²) in [6, 6.07) is 0. The Morgan fingerprint density at radius 3 is 1.92 bits per heavy atom. The van der Waals surface area contributed by atoms with Crippen LogP contribution in [0.2, 0.25) is 0 Å². The summed E-state index contributed by atoms with van der Waals surface area (Å²) in [4.78, 5) is 10.8. The predicted molar refractivity (Wildman–Crippen MR) is 111 cm³/mol. The molecule has 1 unspecified atom stereocenters. The smallest absolute Gasteiger partial charge is 0.302 e. The second kappa shape index (κ2) is 16.6. The molecule has 0 spiro atoms. The van der Waals surface area contributed by atoms with Crippen molar-refractivity contribution in [2.75, 3.05) is 13.2 Å². The van der Waals surface area contributed by atoms with Crippen LogP contribution in [0.1, 0.15) is 111 Å². The van der Waals surface area contributed by atoms with E-state index < -0.39 is 0 Å². The molecule has 155 valence electrons. The van der Waals surface area contributed by atoms with Crippen molar-refractivity contribution in [2.24, 2.45) is 5.41 Å². The molecule has 0 rings (SSSR count). The van der Waals surface area contributed by atoms with E-state index in [0.29, 0.717) is 12.0 Å². The highest BCUT2D eigenvalue weighted by Crippen LogP contribution is 2.30. The van der Waals surface area contributed by atoms with Crippen molar-refractivity contribution in [3.8, 4) is 0 Å². The number of carbonyl (C=O) groups excluding carboxylic acids is 1. The minimum atomic E-state index is -0.388. The summed E-state index contributed by atoms with van der Waals surface area (Å²) in [6.45, 7) is 13.4. The Kier molecular flexibility index (Phi) is 16.2. The van der Waals surface area contributed by atoms with E-state index in [1.165, 1.54) is 84.0 Å². The first-order valence-corrected chi connectivity index (χ1v) is 11.0. The number of ether oxygens (including phenoxy) is 2. The van der Waals surface area contributed by atoms with Gasteiger partial charge in [-0.15, -0.1) is 0 Å². The number of rotatable bonds is 18. The van der Waals surface area contributed by atoms with Crippen LogP contribution in [0.25, 0.3) is 0 Å². The van der Waals surface area contributed by atoms with Gasteiger partial charge in [0.05, 0.1) is 6.61 Å². The van der Waals surface area contributed by atoms with Crippen molar-refractivity contribution in [3.05, 3.63) is 6.92 Å². The van der Waals surface area contributed by atoms with Crippen LogP contribution in [0.5, 0.6) is 0 Å². The Hall–Kier alpha value is -0.570. The van der Waals surface area contributed by atoms with Gasteiger partial charge in [0.15, 0.2) is 0 Å². The molecular weight excluding hydrogens is 324 g/mol. The Balaban J connectivity index is 3.40. The summed E-state index contributed by atoms with van der Waals surface area (Å²) in [5.74, 6) is -0.298. The van der Waals surface area contributed by atoms with Gasteiger partial charge in [-0.25, -0.2) is 0 Å². The molecule has 0 bridgehead atoms. The average Bonchev–Trinajstić information content (AvgIpc) is 2.55. The number of esters is 1. The van der Waals surface area contributed by atoms with Gasteiger partial charge in [-0.1, -0.05) is 85.0 Å². The number of unbranched alkanes of at least 4 members (excludes halogenated alkanes) is 9. The van der Waals surface area contributed by atoms with Crippen molar-refractivity contribution < 1.29 is 14.3 Å². The second-order valence-corrected chi connectivity index (χ2v) is 8.51. The van der Waals surface area contributed by atoms with Gasteiger partial charge < -0.3 is 9.47 Å². The van der Waals surface area contributed by atoms with E-state index in [0.717, 1.165) is 13.0 Å². The molecule has 0 N–H and O–H groups in total. The van der Waals surface area contributed by atoms with E-state index in [-0.39, 0.29) is 12.1 Å². The molecule has 0 aromatic heterocycles. The second-order valence-electron chi connectivity index (χ2n) is 8.51. The molecule has 0 aromatic rings. The molecule has 26 heavy (non-hydrogen) atoms. The van der Waals surface area contributed by atoms with Gasteiger partial charge in [-0.2, -0.15) is 0 Å². The van der Waals surface area contributed by atoms with E-state index in [2.05, 4.69) is 27.7 Å². The lowest BCUT2D eigenvalue weighted by atomic mass is 9.82. The summed E-state index contributed by atoms with van der Waals surface area (Å²) in [5, 5.41) is 0. The number of hydrogen-bond donors (Lipinski definition) is 0. The molecule has 3 nitrogen and oxygen atoms in total. The highest BCUT2D eigenvalue weighted by molar-refractivity contribution is 5.66. The quantitative estimate of drug-likeness (QED) is 0.195.